The van der Waals surface area contributed by atoms with Crippen LogP contribution in [0.15, 0.2) is 28.7 Å². The smallest absolute Gasteiger partial charge is 0.317 e. The van der Waals surface area contributed by atoms with Crippen LogP contribution in [0.5, 0.6) is 0 Å². The van der Waals surface area contributed by atoms with E-state index in [1.807, 2.05) is 38.1 Å². The molecule has 5 nitrogen and oxygen atoms in total. The third-order valence-corrected chi connectivity index (χ3v) is 4.15. The van der Waals surface area contributed by atoms with Gasteiger partial charge in [0.15, 0.2) is 0 Å². The molecule has 0 bridgehead atoms. The molecule has 0 saturated carbocycles. The van der Waals surface area contributed by atoms with Crippen molar-refractivity contribution in [3.63, 3.8) is 0 Å². The molecular formula is C16H22BrN3O2. The van der Waals surface area contributed by atoms with Gasteiger partial charge in [0.1, 0.15) is 0 Å². The summed E-state index contributed by atoms with van der Waals surface area (Å²) in [5.41, 5.74) is 0.791. The summed E-state index contributed by atoms with van der Waals surface area (Å²) in [5.74, 6) is -0.0101. The summed E-state index contributed by atoms with van der Waals surface area (Å²) >= 11 is 3.39. The van der Waals surface area contributed by atoms with Gasteiger partial charge in [0.25, 0.3) is 0 Å². The van der Waals surface area contributed by atoms with Crippen LogP contribution in [0.2, 0.25) is 0 Å². The summed E-state index contributed by atoms with van der Waals surface area (Å²) in [5, 5.41) is 5.82. The number of amides is 3. The number of nitrogens with zero attached hydrogens (tertiary/aromatic N) is 1. The lowest BCUT2D eigenvalue weighted by atomic mass is 9.96. The highest BCUT2D eigenvalue weighted by Crippen LogP contribution is 2.21. The molecule has 22 heavy (non-hydrogen) atoms. The Bertz CT molecular complexity index is 540. The molecule has 1 aliphatic heterocycles. The number of carbonyl (C=O) groups excluding carboxylic acids is 2. The maximum absolute atomic E-state index is 12.3. The minimum absolute atomic E-state index is 0.0296. The van der Waals surface area contributed by atoms with E-state index in [1.54, 1.807) is 4.90 Å². The van der Waals surface area contributed by atoms with E-state index in [4.69, 9.17) is 0 Å². The van der Waals surface area contributed by atoms with Crippen LogP contribution in [0.25, 0.3) is 0 Å². The van der Waals surface area contributed by atoms with E-state index in [0.717, 1.165) is 10.2 Å². The molecule has 3 amide bonds. The number of nitrogens with one attached hydrogen (secondary N) is 2. The Morgan fingerprint density at radius 3 is 2.55 bits per heavy atom. The van der Waals surface area contributed by atoms with Gasteiger partial charge >= 0.3 is 6.03 Å². The zero-order chi connectivity index (χ0) is 16.1. The fraction of sp³-hybridized carbons (Fsp3) is 0.500. The lowest BCUT2D eigenvalue weighted by Gasteiger charge is -2.32. The molecule has 1 aromatic rings. The highest BCUT2D eigenvalue weighted by atomic mass is 79.9. The molecule has 1 aliphatic rings. The number of hydrogen-bond acceptors (Lipinski definition) is 2. The quantitative estimate of drug-likeness (QED) is 0.861. The van der Waals surface area contributed by atoms with Crippen molar-refractivity contribution in [2.24, 2.45) is 5.92 Å². The Labute approximate surface area is 139 Å². The van der Waals surface area contributed by atoms with Gasteiger partial charge in [-0.1, -0.05) is 22.0 Å². The molecule has 0 unspecified atom stereocenters. The summed E-state index contributed by atoms with van der Waals surface area (Å²) in [6.45, 7) is 5.12. The van der Waals surface area contributed by atoms with Gasteiger partial charge in [-0.2, -0.15) is 0 Å². The molecule has 0 aliphatic carbocycles. The molecule has 1 fully saturated rings. The predicted molar refractivity (Wildman–Crippen MR) is 90.7 cm³/mol. The Morgan fingerprint density at radius 2 is 1.95 bits per heavy atom. The zero-order valence-corrected chi connectivity index (χ0v) is 14.5. The first-order chi connectivity index (χ1) is 10.5. The fourth-order valence-corrected chi connectivity index (χ4v) is 2.89. The molecule has 6 heteroatoms. The van der Waals surface area contributed by atoms with Crippen LogP contribution in [0.3, 0.4) is 0 Å². The predicted octanol–water partition coefficient (Wildman–Crippen LogP) is 3.22. The number of anilines is 1. The standard InChI is InChI=1S/C16H22BrN3O2/c1-11(2)18-16(22)20-8-6-12(7-9-20)15(21)19-14-5-3-4-13(17)10-14/h3-5,10-12H,6-9H2,1-2H3,(H,18,22)(H,19,21). The van der Waals surface area contributed by atoms with E-state index < -0.39 is 0 Å². The van der Waals surface area contributed by atoms with E-state index in [9.17, 15) is 9.59 Å². The van der Waals surface area contributed by atoms with Crippen LogP contribution >= 0.6 is 15.9 Å². The minimum Gasteiger partial charge on any atom is -0.336 e. The molecule has 1 heterocycles. The normalized spacial score (nSPS) is 15.7. The molecule has 2 N–H and O–H groups in total. The molecule has 0 radical (unpaired) electrons. The maximum atomic E-state index is 12.3. The van der Waals surface area contributed by atoms with Gasteiger partial charge in [-0.25, -0.2) is 4.79 Å². The number of urea groups is 1. The summed E-state index contributed by atoms with van der Waals surface area (Å²) in [7, 11) is 0. The van der Waals surface area contributed by atoms with Crippen LogP contribution in [0.1, 0.15) is 26.7 Å². The van der Waals surface area contributed by atoms with E-state index >= 15 is 0 Å². The number of rotatable bonds is 3. The second kappa shape index (κ2) is 7.63. The van der Waals surface area contributed by atoms with Crippen molar-refractivity contribution in [2.45, 2.75) is 32.7 Å². The lowest BCUT2D eigenvalue weighted by molar-refractivity contribution is -0.121. The van der Waals surface area contributed by atoms with Crippen LogP contribution in [-0.2, 0) is 4.79 Å². The number of halogens is 1. The summed E-state index contributed by atoms with van der Waals surface area (Å²) in [6, 6.07) is 7.64. The van der Waals surface area contributed by atoms with E-state index in [1.165, 1.54) is 0 Å². The topological polar surface area (TPSA) is 61.4 Å². The molecule has 2 rings (SSSR count). The number of benzene rings is 1. The second-order valence-electron chi connectivity index (χ2n) is 5.87. The fourth-order valence-electron chi connectivity index (χ4n) is 2.49. The van der Waals surface area contributed by atoms with Crippen molar-refractivity contribution in [2.75, 3.05) is 18.4 Å². The number of hydrogen-bond donors (Lipinski definition) is 2. The molecule has 0 atom stereocenters. The molecule has 0 aromatic heterocycles. The highest BCUT2D eigenvalue weighted by Gasteiger charge is 2.27. The van der Waals surface area contributed by atoms with Gasteiger partial charge in [-0.3, -0.25) is 4.79 Å². The number of carbonyl (C=O) groups is 2. The van der Waals surface area contributed by atoms with E-state index in [2.05, 4.69) is 26.6 Å². The van der Waals surface area contributed by atoms with Crippen molar-refractivity contribution < 1.29 is 9.59 Å². The largest absolute Gasteiger partial charge is 0.336 e. The third kappa shape index (κ3) is 4.73. The first-order valence-corrected chi connectivity index (χ1v) is 8.37. The van der Waals surface area contributed by atoms with Gasteiger partial charge in [-0.05, 0) is 44.9 Å². The third-order valence-electron chi connectivity index (χ3n) is 3.66. The first-order valence-electron chi connectivity index (χ1n) is 7.57. The maximum Gasteiger partial charge on any atom is 0.317 e. The van der Waals surface area contributed by atoms with E-state index in [-0.39, 0.29) is 23.9 Å². The number of piperidine rings is 1. The second-order valence-corrected chi connectivity index (χ2v) is 6.78. The Balaban J connectivity index is 1.83. The van der Waals surface area contributed by atoms with Gasteiger partial charge in [0.2, 0.25) is 5.91 Å². The monoisotopic (exact) mass is 367 g/mol. The summed E-state index contributed by atoms with van der Waals surface area (Å²) < 4.78 is 0.936. The van der Waals surface area contributed by atoms with Gasteiger partial charge in [0, 0.05) is 35.2 Å². The molecule has 1 aromatic carbocycles. The molecule has 0 spiro atoms. The highest BCUT2D eigenvalue weighted by molar-refractivity contribution is 9.10. The number of likely N-dealkylation sites (tertiary alicyclic amines) is 1. The van der Waals surface area contributed by atoms with Crippen molar-refractivity contribution in [3.05, 3.63) is 28.7 Å². The van der Waals surface area contributed by atoms with Crippen molar-refractivity contribution in [1.82, 2.24) is 10.2 Å². The average molecular weight is 368 g/mol. The average Bonchev–Trinajstić information content (AvgIpc) is 2.46. The van der Waals surface area contributed by atoms with Crippen molar-refractivity contribution in [1.29, 1.82) is 0 Å². The van der Waals surface area contributed by atoms with Crippen LogP contribution in [-0.4, -0.2) is 36.0 Å². The molecular weight excluding hydrogens is 346 g/mol. The molecule has 1 saturated heterocycles. The molecule has 120 valence electrons. The van der Waals surface area contributed by atoms with Crippen molar-refractivity contribution in [3.8, 4) is 0 Å². The Hall–Kier alpha value is -1.56. The Kier molecular flexibility index (Phi) is 5.83. The summed E-state index contributed by atoms with van der Waals surface area (Å²) in [4.78, 5) is 26.0. The lowest BCUT2D eigenvalue weighted by Crippen LogP contribution is -2.47. The first kappa shape index (κ1) is 16.8. The van der Waals surface area contributed by atoms with Gasteiger partial charge < -0.3 is 15.5 Å². The minimum atomic E-state index is -0.0409. The van der Waals surface area contributed by atoms with Crippen LogP contribution < -0.4 is 10.6 Å². The van der Waals surface area contributed by atoms with Gasteiger partial charge in [-0.15, -0.1) is 0 Å². The SMILES string of the molecule is CC(C)NC(=O)N1CCC(C(=O)Nc2cccc(Br)c2)CC1. The van der Waals surface area contributed by atoms with E-state index in [0.29, 0.717) is 25.9 Å². The van der Waals surface area contributed by atoms with Crippen LogP contribution in [0.4, 0.5) is 10.5 Å². The Morgan fingerprint density at radius 1 is 1.27 bits per heavy atom. The van der Waals surface area contributed by atoms with Gasteiger partial charge in [0.05, 0.1) is 0 Å². The summed E-state index contributed by atoms with van der Waals surface area (Å²) in [6.07, 6.45) is 1.40. The van der Waals surface area contributed by atoms with Crippen molar-refractivity contribution >= 4 is 33.6 Å². The van der Waals surface area contributed by atoms with Crippen LogP contribution in [0, 0.1) is 5.92 Å². The zero-order valence-electron chi connectivity index (χ0n) is 12.9.